The number of nitrogens with one attached hydrogen (secondary N) is 1. The molecule has 9 nitrogen and oxygen atoms in total. The Balaban J connectivity index is 1.43. The smallest absolute Gasteiger partial charge is 0.214 e. The molecule has 1 aliphatic rings. The second-order valence-electron chi connectivity index (χ2n) is 6.91. The first-order valence-electron chi connectivity index (χ1n) is 10.2. The molecule has 162 valence electrons. The van der Waals surface area contributed by atoms with Crippen molar-refractivity contribution in [3.8, 4) is 5.75 Å². The van der Waals surface area contributed by atoms with Gasteiger partial charge in [-0.2, -0.15) is 0 Å². The van der Waals surface area contributed by atoms with Crippen LogP contribution in [0.25, 0.3) is 0 Å². The van der Waals surface area contributed by atoms with Gasteiger partial charge in [0.2, 0.25) is 4.91 Å². The summed E-state index contributed by atoms with van der Waals surface area (Å²) in [5.74, 6) is 0.858. The first kappa shape index (κ1) is 23.4. The fourth-order valence-electron chi connectivity index (χ4n) is 2.98. The zero-order chi connectivity index (χ0) is 20.6. The monoisotopic (exact) mass is 408 g/mol. The SMILES string of the molecule is N=[N+]=NCCOCCOCCOCCOc1ccc(CN2CCC(N)CC2)cc1. The van der Waals surface area contributed by atoms with Crippen molar-refractivity contribution >= 4 is 0 Å². The Hall–Kier alpha value is -1.87. The lowest BCUT2D eigenvalue weighted by Gasteiger charge is -2.30. The molecule has 29 heavy (non-hydrogen) atoms. The maximum atomic E-state index is 6.50. The zero-order valence-electron chi connectivity index (χ0n) is 17.1. The Labute approximate surface area is 172 Å². The van der Waals surface area contributed by atoms with Crippen LogP contribution in [0.5, 0.6) is 5.75 Å². The number of hydrogen-bond acceptors (Lipinski definition) is 8. The Bertz CT molecular complexity index is 587. The van der Waals surface area contributed by atoms with E-state index in [-0.39, 0.29) is 0 Å². The predicted octanol–water partition coefficient (Wildman–Crippen LogP) is 1.59. The van der Waals surface area contributed by atoms with Crippen LogP contribution in [0.4, 0.5) is 0 Å². The lowest BCUT2D eigenvalue weighted by molar-refractivity contribution is 0.0105. The van der Waals surface area contributed by atoms with Crippen molar-refractivity contribution in [3.05, 3.63) is 29.8 Å². The highest BCUT2D eigenvalue weighted by atomic mass is 16.6. The van der Waals surface area contributed by atoms with Gasteiger partial charge >= 0.3 is 0 Å². The van der Waals surface area contributed by atoms with Crippen molar-refractivity contribution < 1.29 is 18.9 Å². The van der Waals surface area contributed by atoms with Gasteiger partial charge in [0.15, 0.2) is 0 Å². The van der Waals surface area contributed by atoms with Crippen LogP contribution in [0.15, 0.2) is 29.4 Å². The topological polar surface area (TPSA) is 116 Å². The van der Waals surface area contributed by atoms with Crippen LogP contribution in [0.1, 0.15) is 18.4 Å². The summed E-state index contributed by atoms with van der Waals surface area (Å²) in [5.41, 5.74) is 13.8. The Morgan fingerprint density at radius 1 is 0.931 bits per heavy atom. The highest BCUT2D eigenvalue weighted by Crippen LogP contribution is 2.16. The van der Waals surface area contributed by atoms with Crippen molar-refractivity contribution in [2.45, 2.75) is 25.4 Å². The summed E-state index contributed by atoms with van der Waals surface area (Å²) in [6, 6.07) is 8.64. The molecular formula is C20H34N5O4+. The highest BCUT2D eigenvalue weighted by Gasteiger charge is 2.15. The lowest BCUT2D eigenvalue weighted by atomic mass is 10.1. The molecule has 1 saturated heterocycles. The lowest BCUT2D eigenvalue weighted by Crippen LogP contribution is -2.39. The summed E-state index contributed by atoms with van der Waals surface area (Å²) in [5, 5.41) is 3.49. The molecule has 2 rings (SSSR count). The van der Waals surface area contributed by atoms with Crippen molar-refractivity contribution in [1.82, 2.24) is 9.81 Å². The van der Waals surface area contributed by atoms with Gasteiger partial charge in [0, 0.05) is 12.6 Å². The molecule has 0 saturated carbocycles. The molecule has 0 unspecified atom stereocenters. The van der Waals surface area contributed by atoms with Gasteiger partial charge in [-0.1, -0.05) is 12.1 Å². The average Bonchev–Trinajstić information content (AvgIpc) is 2.74. The summed E-state index contributed by atoms with van der Waals surface area (Å²) >= 11 is 0. The van der Waals surface area contributed by atoms with Crippen molar-refractivity contribution in [2.24, 2.45) is 10.8 Å². The maximum absolute atomic E-state index is 6.50. The molecule has 0 bridgehead atoms. The van der Waals surface area contributed by atoms with Gasteiger partial charge in [0.05, 0.1) is 39.6 Å². The van der Waals surface area contributed by atoms with Gasteiger partial charge in [-0.15, -0.1) is 0 Å². The van der Waals surface area contributed by atoms with Crippen LogP contribution >= 0.6 is 0 Å². The van der Waals surface area contributed by atoms with Gasteiger partial charge in [-0.3, -0.25) is 4.90 Å². The van der Waals surface area contributed by atoms with E-state index in [9.17, 15) is 0 Å². The molecule has 0 aromatic heterocycles. The van der Waals surface area contributed by atoms with E-state index in [1.165, 1.54) is 5.56 Å². The second-order valence-corrected chi connectivity index (χ2v) is 6.91. The van der Waals surface area contributed by atoms with E-state index in [1.54, 1.807) is 0 Å². The van der Waals surface area contributed by atoms with Crippen LogP contribution < -0.4 is 15.4 Å². The maximum Gasteiger partial charge on any atom is 0.214 e. The predicted molar refractivity (Wildman–Crippen MR) is 109 cm³/mol. The van der Waals surface area contributed by atoms with Gasteiger partial charge in [0.25, 0.3) is 0 Å². The van der Waals surface area contributed by atoms with Crippen LogP contribution in [-0.4, -0.2) is 76.8 Å². The second kappa shape index (κ2) is 15.0. The number of likely N-dealkylation sites (tertiary alicyclic amines) is 1. The first-order chi connectivity index (χ1) is 14.3. The van der Waals surface area contributed by atoms with Gasteiger partial charge in [-0.05, 0) is 43.6 Å². The summed E-state index contributed by atoms with van der Waals surface area (Å²) in [7, 11) is 0. The largest absolute Gasteiger partial charge is 0.491 e. The molecule has 1 aromatic carbocycles. The molecule has 0 radical (unpaired) electrons. The Morgan fingerprint density at radius 2 is 1.52 bits per heavy atom. The van der Waals surface area contributed by atoms with Gasteiger partial charge in [-0.25, -0.2) is 0 Å². The van der Waals surface area contributed by atoms with E-state index in [0.29, 0.717) is 58.8 Å². The van der Waals surface area contributed by atoms with E-state index in [0.717, 1.165) is 38.2 Å². The van der Waals surface area contributed by atoms with Gasteiger partial charge in [0.1, 0.15) is 29.5 Å². The van der Waals surface area contributed by atoms with E-state index in [4.69, 9.17) is 30.2 Å². The molecule has 0 atom stereocenters. The Morgan fingerprint density at radius 3 is 2.14 bits per heavy atom. The summed E-state index contributed by atoms with van der Waals surface area (Å²) in [4.78, 5) is 5.35. The van der Waals surface area contributed by atoms with Crippen molar-refractivity contribution in [3.63, 3.8) is 0 Å². The van der Waals surface area contributed by atoms with E-state index >= 15 is 0 Å². The number of rotatable bonds is 15. The summed E-state index contributed by atoms with van der Waals surface area (Å²) < 4.78 is 21.9. The third kappa shape index (κ3) is 11.0. The number of ether oxygens (including phenoxy) is 4. The highest BCUT2D eigenvalue weighted by molar-refractivity contribution is 5.27. The van der Waals surface area contributed by atoms with E-state index in [1.807, 2.05) is 12.1 Å². The molecule has 3 N–H and O–H groups in total. The average molecular weight is 409 g/mol. The van der Waals surface area contributed by atoms with Crippen LogP contribution in [0.3, 0.4) is 0 Å². The summed E-state index contributed by atoms with van der Waals surface area (Å²) in [6.07, 6.45) is 2.17. The first-order valence-corrected chi connectivity index (χ1v) is 10.2. The number of hydrogen-bond donors (Lipinski definition) is 2. The number of nitrogens with two attached hydrogens (primary N) is 1. The third-order valence-electron chi connectivity index (χ3n) is 4.61. The van der Waals surface area contributed by atoms with Gasteiger partial charge < -0.3 is 24.7 Å². The van der Waals surface area contributed by atoms with Crippen molar-refractivity contribution in [2.75, 3.05) is 65.9 Å². The minimum atomic E-state index is 0.369. The van der Waals surface area contributed by atoms with Crippen LogP contribution in [0.2, 0.25) is 0 Å². The third-order valence-corrected chi connectivity index (χ3v) is 4.61. The molecule has 1 aromatic rings. The molecule has 0 aliphatic carbocycles. The minimum absolute atomic E-state index is 0.369. The minimum Gasteiger partial charge on any atom is -0.491 e. The van der Waals surface area contributed by atoms with Crippen LogP contribution in [-0.2, 0) is 20.8 Å². The number of benzene rings is 1. The number of piperidine rings is 1. The van der Waals surface area contributed by atoms with E-state index < -0.39 is 0 Å². The Kier molecular flexibility index (Phi) is 12.1. The normalized spacial score (nSPS) is 15.2. The molecule has 0 amide bonds. The van der Waals surface area contributed by atoms with E-state index in [2.05, 4.69) is 27.1 Å². The molecule has 0 spiro atoms. The molecule has 1 aliphatic heterocycles. The summed E-state index contributed by atoms with van der Waals surface area (Å²) in [6.45, 7) is 7.06. The molecular weight excluding hydrogens is 374 g/mol. The quantitative estimate of drug-likeness (QED) is 0.259. The molecule has 9 heteroatoms. The molecule has 1 heterocycles. The van der Waals surface area contributed by atoms with Crippen LogP contribution in [0, 0.1) is 5.53 Å². The standard InChI is InChI=1S/C20H34N5O4/c21-19-5-8-25(9-6-19)17-18-1-3-20(4-2-18)29-16-15-28-14-13-27-12-11-26-10-7-23-24-22/h1-4,19,22H,5-17,21H2/q+1. The zero-order valence-corrected chi connectivity index (χ0v) is 17.1. The number of nitrogens with zero attached hydrogens (tertiary/aromatic N) is 3. The fourth-order valence-corrected chi connectivity index (χ4v) is 2.98. The molecule has 1 fully saturated rings. The fraction of sp³-hybridized carbons (Fsp3) is 0.700. The van der Waals surface area contributed by atoms with Crippen molar-refractivity contribution in [1.29, 1.82) is 5.53 Å².